The van der Waals surface area contributed by atoms with E-state index in [4.69, 9.17) is 0 Å². The van der Waals surface area contributed by atoms with E-state index in [9.17, 15) is 4.79 Å². The Morgan fingerprint density at radius 3 is 1.94 bits per heavy atom. The maximum absolute atomic E-state index is 11.0. The molecule has 2 heteroatoms. The second-order valence-electron chi connectivity index (χ2n) is 3.80. The molecule has 2 rings (SSSR count). The average molecular weight is 249 g/mol. The molecule has 1 fully saturated rings. The van der Waals surface area contributed by atoms with Crippen molar-refractivity contribution in [2.24, 2.45) is 0 Å². The molecule has 0 spiro atoms. The van der Waals surface area contributed by atoms with Crippen LogP contribution < -0.4 is 0 Å². The predicted molar refractivity (Wildman–Crippen MR) is 78.7 cm³/mol. The summed E-state index contributed by atoms with van der Waals surface area (Å²) in [7, 11) is 0. The van der Waals surface area contributed by atoms with Crippen molar-refractivity contribution in [2.75, 3.05) is 13.1 Å². The molecule has 0 atom stereocenters. The molecule has 1 heterocycles. The van der Waals surface area contributed by atoms with Crippen molar-refractivity contribution in [1.82, 2.24) is 4.90 Å². The van der Waals surface area contributed by atoms with Crippen LogP contribution in [0.25, 0.3) is 0 Å². The van der Waals surface area contributed by atoms with Gasteiger partial charge in [-0.15, -0.1) is 0 Å². The summed E-state index contributed by atoms with van der Waals surface area (Å²) in [6, 6.07) is 10.4. The zero-order valence-corrected chi connectivity index (χ0v) is 12.3. The van der Waals surface area contributed by atoms with E-state index in [1.807, 2.05) is 33.8 Å². The standard InChI is InChI=1S/C12H15NO.2C2H6/c14-12-6-8-13(9-7-12)10-11-4-2-1-3-5-11;2*1-2/h1-5H,6-10H2;2*1-2H3. The van der Waals surface area contributed by atoms with Gasteiger partial charge in [0.05, 0.1) is 0 Å². The summed E-state index contributed by atoms with van der Waals surface area (Å²) in [6.45, 7) is 10.8. The lowest BCUT2D eigenvalue weighted by Crippen LogP contribution is -2.33. The Morgan fingerprint density at radius 2 is 1.44 bits per heavy atom. The Kier molecular flexibility index (Phi) is 10.3. The fraction of sp³-hybridized carbons (Fsp3) is 0.562. The highest BCUT2D eigenvalue weighted by Crippen LogP contribution is 2.10. The minimum absolute atomic E-state index is 0.411. The number of likely N-dealkylation sites (tertiary alicyclic amines) is 1. The molecule has 1 aromatic rings. The Hall–Kier alpha value is -1.15. The third kappa shape index (κ3) is 6.55. The van der Waals surface area contributed by atoms with E-state index in [2.05, 4.69) is 29.2 Å². The van der Waals surface area contributed by atoms with Crippen molar-refractivity contribution in [2.45, 2.75) is 47.1 Å². The number of hydrogen-bond donors (Lipinski definition) is 0. The lowest BCUT2D eigenvalue weighted by molar-refractivity contribution is -0.121. The van der Waals surface area contributed by atoms with Crippen LogP contribution in [0.15, 0.2) is 30.3 Å². The van der Waals surface area contributed by atoms with Crippen LogP contribution >= 0.6 is 0 Å². The number of ketones is 1. The van der Waals surface area contributed by atoms with E-state index >= 15 is 0 Å². The topological polar surface area (TPSA) is 20.3 Å². The highest BCUT2D eigenvalue weighted by Gasteiger charge is 2.15. The van der Waals surface area contributed by atoms with E-state index in [1.165, 1.54) is 5.56 Å². The van der Waals surface area contributed by atoms with Crippen molar-refractivity contribution in [1.29, 1.82) is 0 Å². The average Bonchev–Trinajstić information content (AvgIpc) is 2.47. The summed E-state index contributed by atoms with van der Waals surface area (Å²) in [4.78, 5) is 13.4. The van der Waals surface area contributed by atoms with Gasteiger partial charge in [-0.05, 0) is 5.56 Å². The zero-order chi connectivity index (χ0) is 13.8. The number of piperidine rings is 1. The Balaban J connectivity index is 0.000000659. The molecular weight excluding hydrogens is 222 g/mol. The molecule has 1 aliphatic rings. The minimum Gasteiger partial charge on any atom is -0.300 e. The minimum atomic E-state index is 0.411. The molecule has 0 unspecified atom stereocenters. The molecule has 0 aliphatic carbocycles. The van der Waals surface area contributed by atoms with Crippen LogP contribution in [0.4, 0.5) is 0 Å². The van der Waals surface area contributed by atoms with Crippen molar-refractivity contribution < 1.29 is 4.79 Å². The van der Waals surface area contributed by atoms with Gasteiger partial charge in [-0.25, -0.2) is 0 Å². The predicted octanol–water partition coefficient (Wildman–Crippen LogP) is 3.90. The van der Waals surface area contributed by atoms with Gasteiger partial charge in [-0.2, -0.15) is 0 Å². The van der Waals surface area contributed by atoms with E-state index < -0.39 is 0 Å². The highest BCUT2D eigenvalue weighted by atomic mass is 16.1. The Morgan fingerprint density at radius 1 is 0.944 bits per heavy atom. The Labute approximate surface area is 112 Å². The summed E-state index contributed by atoms with van der Waals surface area (Å²) in [5, 5.41) is 0. The lowest BCUT2D eigenvalue weighted by atomic mass is 10.1. The van der Waals surface area contributed by atoms with Crippen LogP contribution in [0, 0.1) is 0 Å². The monoisotopic (exact) mass is 249 g/mol. The summed E-state index contributed by atoms with van der Waals surface area (Å²) in [5.74, 6) is 0.411. The fourth-order valence-electron chi connectivity index (χ4n) is 1.80. The number of nitrogens with zero attached hydrogens (tertiary/aromatic N) is 1. The van der Waals surface area contributed by atoms with Gasteiger partial charge in [0.15, 0.2) is 0 Å². The molecule has 1 saturated heterocycles. The van der Waals surface area contributed by atoms with Crippen molar-refractivity contribution in [3.05, 3.63) is 35.9 Å². The van der Waals surface area contributed by atoms with Gasteiger partial charge in [0.2, 0.25) is 0 Å². The van der Waals surface area contributed by atoms with Gasteiger partial charge in [-0.3, -0.25) is 9.69 Å². The number of carbonyl (C=O) groups excluding carboxylic acids is 1. The van der Waals surface area contributed by atoms with Gasteiger partial charge in [0.25, 0.3) is 0 Å². The normalized spacial score (nSPS) is 15.0. The SMILES string of the molecule is CC.CC.O=C1CCN(Cc2ccccc2)CC1. The van der Waals surface area contributed by atoms with Crippen LogP contribution in [0.3, 0.4) is 0 Å². The maximum atomic E-state index is 11.0. The van der Waals surface area contributed by atoms with Gasteiger partial charge in [-0.1, -0.05) is 58.0 Å². The summed E-state index contributed by atoms with van der Waals surface area (Å²) < 4.78 is 0. The molecule has 1 aromatic carbocycles. The molecule has 0 N–H and O–H groups in total. The van der Waals surface area contributed by atoms with Crippen LogP contribution in [0.1, 0.15) is 46.1 Å². The van der Waals surface area contributed by atoms with E-state index in [-0.39, 0.29) is 0 Å². The first-order valence-electron chi connectivity index (χ1n) is 7.12. The molecule has 0 amide bonds. The summed E-state index contributed by atoms with van der Waals surface area (Å²) >= 11 is 0. The number of benzene rings is 1. The first-order chi connectivity index (χ1) is 8.84. The van der Waals surface area contributed by atoms with Crippen LogP contribution in [-0.2, 0) is 11.3 Å². The summed E-state index contributed by atoms with van der Waals surface area (Å²) in [6.07, 6.45) is 1.46. The first-order valence-corrected chi connectivity index (χ1v) is 7.12. The van der Waals surface area contributed by atoms with Crippen LogP contribution in [0.2, 0.25) is 0 Å². The molecule has 102 valence electrons. The number of carbonyl (C=O) groups is 1. The molecular formula is C16H27NO. The first kappa shape index (κ1) is 16.9. The lowest BCUT2D eigenvalue weighted by Gasteiger charge is -2.25. The molecule has 2 nitrogen and oxygen atoms in total. The van der Waals surface area contributed by atoms with Crippen LogP contribution in [0.5, 0.6) is 0 Å². The number of hydrogen-bond acceptors (Lipinski definition) is 2. The largest absolute Gasteiger partial charge is 0.300 e. The quantitative estimate of drug-likeness (QED) is 0.792. The second kappa shape index (κ2) is 11.0. The molecule has 0 radical (unpaired) electrons. The highest BCUT2D eigenvalue weighted by molar-refractivity contribution is 5.79. The van der Waals surface area contributed by atoms with Crippen molar-refractivity contribution in [3.8, 4) is 0 Å². The zero-order valence-electron chi connectivity index (χ0n) is 12.3. The molecule has 0 aromatic heterocycles. The molecule has 0 saturated carbocycles. The van der Waals surface area contributed by atoms with E-state index in [1.54, 1.807) is 0 Å². The van der Waals surface area contributed by atoms with Gasteiger partial charge < -0.3 is 0 Å². The van der Waals surface area contributed by atoms with Crippen molar-refractivity contribution in [3.63, 3.8) is 0 Å². The van der Waals surface area contributed by atoms with Crippen LogP contribution in [-0.4, -0.2) is 23.8 Å². The van der Waals surface area contributed by atoms with Gasteiger partial charge in [0.1, 0.15) is 5.78 Å². The van der Waals surface area contributed by atoms with Gasteiger partial charge in [0, 0.05) is 32.5 Å². The molecule has 1 aliphatic heterocycles. The second-order valence-corrected chi connectivity index (χ2v) is 3.80. The maximum Gasteiger partial charge on any atom is 0.135 e. The number of Topliss-reactive ketones (excluding diaryl/α,β-unsaturated/α-hetero) is 1. The third-order valence-electron chi connectivity index (χ3n) is 2.66. The summed E-state index contributed by atoms with van der Waals surface area (Å²) in [5.41, 5.74) is 1.34. The fourth-order valence-corrected chi connectivity index (χ4v) is 1.80. The molecule has 0 bridgehead atoms. The molecule has 18 heavy (non-hydrogen) atoms. The Bertz CT molecular complexity index is 298. The van der Waals surface area contributed by atoms with Crippen molar-refractivity contribution >= 4 is 5.78 Å². The third-order valence-corrected chi connectivity index (χ3v) is 2.66. The van der Waals surface area contributed by atoms with E-state index in [0.29, 0.717) is 5.78 Å². The number of rotatable bonds is 2. The van der Waals surface area contributed by atoms with E-state index in [0.717, 1.165) is 32.5 Å². The van der Waals surface area contributed by atoms with Gasteiger partial charge >= 0.3 is 0 Å². The smallest absolute Gasteiger partial charge is 0.135 e.